The Balaban J connectivity index is 1.30. The van der Waals surface area contributed by atoms with Gasteiger partial charge in [-0.05, 0) is 75.7 Å². The number of nitrogens with zero attached hydrogens (tertiary/aromatic N) is 2. The highest BCUT2D eigenvalue weighted by atomic mass is 15.0. The summed E-state index contributed by atoms with van der Waals surface area (Å²) in [6, 6.07) is 62.7. The normalized spacial score (nSPS) is 13.5. The zero-order valence-electron chi connectivity index (χ0n) is 28.6. The molecular formula is C49H34N2. The first-order valence-corrected chi connectivity index (χ1v) is 17.9. The SMILES string of the molecule is CC1(C)c2ccccc2-c2c1c(-c1ccc3c4ccc5ccccc5c4n(-c4ccccc4)c3c1)cc1c3ccccc3n(-c3ccccc3)c21. The van der Waals surface area contributed by atoms with Crippen LogP contribution >= 0.6 is 0 Å². The van der Waals surface area contributed by atoms with E-state index >= 15 is 0 Å². The molecule has 0 spiro atoms. The van der Waals surface area contributed by atoms with Crippen molar-refractivity contribution >= 4 is 54.4 Å². The molecule has 10 aromatic rings. The minimum atomic E-state index is -0.204. The monoisotopic (exact) mass is 650 g/mol. The molecule has 2 heterocycles. The van der Waals surface area contributed by atoms with Crippen molar-refractivity contribution in [3.63, 3.8) is 0 Å². The Morgan fingerprint density at radius 1 is 0.412 bits per heavy atom. The zero-order chi connectivity index (χ0) is 33.8. The van der Waals surface area contributed by atoms with Crippen LogP contribution in [0, 0.1) is 0 Å². The molecule has 0 saturated heterocycles. The number of rotatable bonds is 3. The van der Waals surface area contributed by atoms with Crippen LogP contribution in [0.5, 0.6) is 0 Å². The lowest BCUT2D eigenvalue weighted by molar-refractivity contribution is 0.662. The van der Waals surface area contributed by atoms with E-state index in [9.17, 15) is 0 Å². The van der Waals surface area contributed by atoms with Crippen LogP contribution in [-0.4, -0.2) is 9.13 Å². The van der Waals surface area contributed by atoms with E-state index in [1.807, 2.05) is 0 Å². The molecule has 0 N–H and O–H groups in total. The van der Waals surface area contributed by atoms with Gasteiger partial charge in [-0.2, -0.15) is 0 Å². The summed E-state index contributed by atoms with van der Waals surface area (Å²) < 4.78 is 4.98. The van der Waals surface area contributed by atoms with E-state index in [0.29, 0.717) is 0 Å². The summed E-state index contributed by atoms with van der Waals surface area (Å²) in [5.41, 5.74) is 15.1. The fraction of sp³-hybridized carbons (Fsp3) is 0.0612. The molecule has 1 aliphatic carbocycles. The van der Waals surface area contributed by atoms with Crippen molar-refractivity contribution in [2.24, 2.45) is 0 Å². The molecule has 0 unspecified atom stereocenters. The Bertz CT molecular complexity index is 3030. The molecule has 0 radical (unpaired) electrons. The minimum Gasteiger partial charge on any atom is -0.309 e. The molecule has 11 rings (SSSR count). The molecule has 0 bridgehead atoms. The standard InChI is InChI=1S/C49H34N2/c1-49(2)42-23-13-11-22-39(42)45-46(49)40(30-41-36-21-12-14-24-43(36)50(48(41)45)33-16-5-3-6-17-33)32-26-27-37-38-28-25-31-15-9-10-20-35(31)47(38)51(44(37)29-32)34-18-7-4-8-19-34/h3-30H,1-2H3. The summed E-state index contributed by atoms with van der Waals surface area (Å²) in [7, 11) is 0. The van der Waals surface area contributed by atoms with Crippen molar-refractivity contribution in [1.29, 1.82) is 0 Å². The number of hydrogen-bond acceptors (Lipinski definition) is 0. The number of aromatic nitrogens is 2. The van der Waals surface area contributed by atoms with Crippen LogP contribution in [0.25, 0.3) is 88.0 Å². The molecule has 2 nitrogen and oxygen atoms in total. The molecule has 0 saturated carbocycles. The molecular weight excluding hydrogens is 617 g/mol. The van der Waals surface area contributed by atoms with Crippen LogP contribution in [0.4, 0.5) is 0 Å². The van der Waals surface area contributed by atoms with Crippen LogP contribution in [0.1, 0.15) is 25.0 Å². The largest absolute Gasteiger partial charge is 0.309 e. The average Bonchev–Trinajstić information content (AvgIpc) is 3.78. The molecule has 0 aliphatic heterocycles. The highest BCUT2D eigenvalue weighted by Crippen LogP contribution is 2.56. The predicted octanol–water partition coefficient (Wildman–Crippen LogP) is 13.0. The van der Waals surface area contributed by atoms with E-state index in [4.69, 9.17) is 0 Å². The summed E-state index contributed by atoms with van der Waals surface area (Å²) >= 11 is 0. The number of fused-ring (bicyclic) bond motifs is 12. The lowest BCUT2D eigenvalue weighted by Crippen LogP contribution is -2.16. The molecule has 1 aliphatic rings. The maximum Gasteiger partial charge on any atom is 0.0623 e. The number of hydrogen-bond donors (Lipinski definition) is 0. The average molecular weight is 651 g/mol. The van der Waals surface area contributed by atoms with Crippen molar-refractivity contribution in [1.82, 2.24) is 9.13 Å². The first-order valence-electron chi connectivity index (χ1n) is 17.9. The third-order valence-electron chi connectivity index (χ3n) is 11.4. The van der Waals surface area contributed by atoms with Gasteiger partial charge < -0.3 is 9.13 Å². The van der Waals surface area contributed by atoms with E-state index in [-0.39, 0.29) is 5.41 Å². The quantitative estimate of drug-likeness (QED) is 0.180. The Morgan fingerprint density at radius 3 is 1.80 bits per heavy atom. The van der Waals surface area contributed by atoms with Gasteiger partial charge in [-0.15, -0.1) is 0 Å². The van der Waals surface area contributed by atoms with Crippen molar-refractivity contribution in [3.05, 3.63) is 181 Å². The highest BCUT2D eigenvalue weighted by Gasteiger charge is 2.40. The molecule has 51 heavy (non-hydrogen) atoms. The van der Waals surface area contributed by atoms with E-state index in [2.05, 4.69) is 193 Å². The smallest absolute Gasteiger partial charge is 0.0623 e. The molecule has 8 aromatic carbocycles. The van der Waals surface area contributed by atoms with Crippen molar-refractivity contribution in [2.75, 3.05) is 0 Å². The fourth-order valence-corrected chi connectivity index (χ4v) is 9.28. The van der Waals surface area contributed by atoms with Gasteiger partial charge in [0.25, 0.3) is 0 Å². The number of benzene rings is 8. The Hall–Kier alpha value is -6.38. The topological polar surface area (TPSA) is 9.86 Å². The lowest BCUT2D eigenvalue weighted by atomic mass is 9.78. The van der Waals surface area contributed by atoms with Gasteiger partial charge in [0.2, 0.25) is 0 Å². The lowest BCUT2D eigenvalue weighted by Gasteiger charge is -2.25. The highest BCUT2D eigenvalue weighted by molar-refractivity contribution is 6.20. The summed E-state index contributed by atoms with van der Waals surface area (Å²) in [6.45, 7) is 4.82. The minimum absolute atomic E-state index is 0.204. The molecule has 0 atom stereocenters. The number of para-hydroxylation sites is 3. The van der Waals surface area contributed by atoms with Crippen molar-refractivity contribution < 1.29 is 0 Å². The van der Waals surface area contributed by atoms with Gasteiger partial charge in [-0.3, -0.25) is 0 Å². The second kappa shape index (κ2) is 10.3. The van der Waals surface area contributed by atoms with E-state index in [1.165, 1.54) is 99.1 Å². The van der Waals surface area contributed by atoms with Crippen LogP contribution in [0.2, 0.25) is 0 Å². The van der Waals surface area contributed by atoms with Gasteiger partial charge in [0.15, 0.2) is 0 Å². The van der Waals surface area contributed by atoms with Crippen LogP contribution in [-0.2, 0) is 5.41 Å². The maximum absolute atomic E-state index is 2.50. The summed E-state index contributed by atoms with van der Waals surface area (Å²) in [4.78, 5) is 0. The zero-order valence-corrected chi connectivity index (χ0v) is 28.6. The van der Waals surface area contributed by atoms with Gasteiger partial charge in [0.05, 0.1) is 22.1 Å². The molecule has 0 fully saturated rings. The molecule has 2 heteroatoms. The Morgan fingerprint density at radius 2 is 1.02 bits per heavy atom. The predicted molar refractivity (Wildman–Crippen MR) is 216 cm³/mol. The fourth-order valence-electron chi connectivity index (χ4n) is 9.28. The van der Waals surface area contributed by atoms with Crippen LogP contribution < -0.4 is 0 Å². The third kappa shape index (κ3) is 3.82. The summed E-state index contributed by atoms with van der Waals surface area (Å²) in [5, 5.41) is 7.62. The van der Waals surface area contributed by atoms with E-state index in [1.54, 1.807) is 0 Å². The summed E-state index contributed by atoms with van der Waals surface area (Å²) in [5.74, 6) is 0. The second-order valence-corrected chi connectivity index (χ2v) is 14.5. The molecule has 240 valence electrons. The van der Waals surface area contributed by atoms with Gasteiger partial charge in [0, 0.05) is 49.3 Å². The first-order chi connectivity index (χ1) is 25.1. The first kappa shape index (κ1) is 28.5. The van der Waals surface area contributed by atoms with Gasteiger partial charge in [-0.25, -0.2) is 0 Å². The second-order valence-electron chi connectivity index (χ2n) is 14.5. The van der Waals surface area contributed by atoms with Crippen molar-refractivity contribution in [3.8, 4) is 33.6 Å². The van der Waals surface area contributed by atoms with Crippen LogP contribution in [0.3, 0.4) is 0 Å². The van der Waals surface area contributed by atoms with E-state index in [0.717, 1.165) is 0 Å². The molecule has 2 aromatic heterocycles. The molecule has 0 amide bonds. The van der Waals surface area contributed by atoms with Gasteiger partial charge in [-0.1, -0.05) is 141 Å². The third-order valence-corrected chi connectivity index (χ3v) is 11.4. The van der Waals surface area contributed by atoms with Gasteiger partial charge >= 0.3 is 0 Å². The van der Waals surface area contributed by atoms with E-state index < -0.39 is 0 Å². The van der Waals surface area contributed by atoms with Crippen molar-refractivity contribution in [2.45, 2.75) is 19.3 Å². The Labute approximate surface area is 296 Å². The van der Waals surface area contributed by atoms with Gasteiger partial charge in [0.1, 0.15) is 0 Å². The Kier molecular flexibility index (Phi) is 5.76. The maximum atomic E-state index is 2.50. The van der Waals surface area contributed by atoms with Crippen LogP contribution in [0.15, 0.2) is 170 Å². The summed E-state index contributed by atoms with van der Waals surface area (Å²) in [6.07, 6.45) is 0.